The molecule has 2 heterocycles. The molecule has 0 N–H and O–H groups in total. The van der Waals surface area contributed by atoms with E-state index in [0.29, 0.717) is 0 Å². The fourth-order valence-corrected chi connectivity index (χ4v) is 3.96. The molecule has 0 spiro atoms. The summed E-state index contributed by atoms with van der Waals surface area (Å²) in [5.74, 6) is 1.18. The number of piperidine rings is 1. The van der Waals surface area contributed by atoms with Gasteiger partial charge in [-0.3, -0.25) is 0 Å². The first-order valence-corrected chi connectivity index (χ1v) is 8.82. The van der Waals surface area contributed by atoms with Gasteiger partial charge in [-0.2, -0.15) is 5.26 Å². The average Bonchev–Trinajstić information content (AvgIpc) is 2.54. The van der Waals surface area contributed by atoms with Crippen LogP contribution in [0, 0.1) is 11.3 Å². The van der Waals surface area contributed by atoms with Gasteiger partial charge in [-0.1, -0.05) is 0 Å². The summed E-state index contributed by atoms with van der Waals surface area (Å²) in [4.78, 5) is 7.32. The SMILES string of the molecule is CSc1nc(N2CCCCC2)c2c(c1C#N)CCCC2. The first-order valence-electron chi connectivity index (χ1n) is 7.60. The second-order valence-electron chi connectivity index (χ2n) is 5.64. The van der Waals surface area contributed by atoms with Crippen molar-refractivity contribution in [3.8, 4) is 6.07 Å². The fraction of sp³-hybridized carbons (Fsp3) is 0.625. The quantitative estimate of drug-likeness (QED) is 0.780. The molecule has 0 amide bonds. The monoisotopic (exact) mass is 287 g/mol. The standard InChI is InChI=1S/C16H21N3S/c1-20-16-14(11-17)12-7-3-4-8-13(12)15(18-16)19-9-5-2-6-10-19/h2-10H2,1H3. The minimum absolute atomic E-state index is 0.841. The van der Waals surface area contributed by atoms with Gasteiger partial charge in [0.25, 0.3) is 0 Å². The molecule has 0 unspecified atom stereocenters. The topological polar surface area (TPSA) is 39.9 Å². The van der Waals surface area contributed by atoms with Gasteiger partial charge in [-0.05, 0) is 62.3 Å². The second kappa shape index (κ2) is 6.05. The Bertz CT molecular complexity index is 542. The lowest BCUT2D eigenvalue weighted by Crippen LogP contribution is -2.32. The van der Waals surface area contributed by atoms with Crippen LogP contribution in [-0.4, -0.2) is 24.3 Å². The van der Waals surface area contributed by atoms with Crippen LogP contribution in [0.5, 0.6) is 0 Å². The number of fused-ring (bicyclic) bond motifs is 1. The molecular formula is C16H21N3S. The van der Waals surface area contributed by atoms with Crippen LogP contribution in [0.3, 0.4) is 0 Å². The first kappa shape index (κ1) is 13.8. The Morgan fingerprint density at radius 2 is 1.75 bits per heavy atom. The molecule has 106 valence electrons. The normalized spacial score (nSPS) is 18.5. The lowest BCUT2D eigenvalue weighted by molar-refractivity contribution is 0.565. The van der Waals surface area contributed by atoms with Crippen LogP contribution in [0.4, 0.5) is 5.82 Å². The Labute approximate surface area is 125 Å². The molecule has 1 aliphatic carbocycles. The average molecular weight is 287 g/mol. The molecule has 1 fully saturated rings. The molecule has 4 heteroatoms. The summed E-state index contributed by atoms with van der Waals surface area (Å²) >= 11 is 1.61. The zero-order chi connectivity index (χ0) is 13.9. The smallest absolute Gasteiger partial charge is 0.133 e. The molecule has 3 nitrogen and oxygen atoms in total. The molecule has 1 aromatic rings. The molecule has 2 aliphatic rings. The summed E-state index contributed by atoms with van der Waals surface area (Å²) in [6, 6.07) is 2.40. The Morgan fingerprint density at radius 1 is 1.05 bits per heavy atom. The highest BCUT2D eigenvalue weighted by atomic mass is 32.2. The highest BCUT2D eigenvalue weighted by molar-refractivity contribution is 7.98. The number of aromatic nitrogens is 1. The molecule has 0 atom stereocenters. The number of nitrogens with zero attached hydrogens (tertiary/aromatic N) is 3. The number of pyridine rings is 1. The zero-order valence-corrected chi connectivity index (χ0v) is 12.9. The van der Waals surface area contributed by atoms with Crippen molar-refractivity contribution in [1.29, 1.82) is 5.26 Å². The predicted octanol–water partition coefficient (Wildman–Crippen LogP) is 3.54. The van der Waals surface area contributed by atoms with Crippen molar-refractivity contribution in [1.82, 2.24) is 4.98 Å². The Hall–Kier alpha value is -1.21. The van der Waals surface area contributed by atoms with E-state index in [-0.39, 0.29) is 0 Å². The highest BCUT2D eigenvalue weighted by Crippen LogP contribution is 2.36. The van der Waals surface area contributed by atoms with Crippen LogP contribution >= 0.6 is 11.8 Å². The number of anilines is 1. The van der Waals surface area contributed by atoms with Crippen molar-refractivity contribution in [2.24, 2.45) is 0 Å². The summed E-state index contributed by atoms with van der Waals surface area (Å²) in [7, 11) is 0. The van der Waals surface area contributed by atoms with E-state index >= 15 is 0 Å². The molecule has 0 bridgehead atoms. The van der Waals surface area contributed by atoms with E-state index in [9.17, 15) is 5.26 Å². The summed E-state index contributed by atoms with van der Waals surface area (Å²) in [6.07, 6.45) is 10.5. The van der Waals surface area contributed by atoms with Crippen LogP contribution in [0.15, 0.2) is 5.03 Å². The summed E-state index contributed by atoms with van der Waals surface area (Å²) < 4.78 is 0. The minimum atomic E-state index is 0.841. The zero-order valence-electron chi connectivity index (χ0n) is 12.1. The van der Waals surface area contributed by atoms with Gasteiger partial charge in [-0.15, -0.1) is 11.8 Å². The van der Waals surface area contributed by atoms with Crippen molar-refractivity contribution in [2.45, 2.75) is 50.0 Å². The predicted molar refractivity (Wildman–Crippen MR) is 83.4 cm³/mol. The molecule has 0 aromatic carbocycles. The van der Waals surface area contributed by atoms with E-state index in [0.717, 1.165) is 36.5 Å². The van der Waals surface area contributed by atoms with Crippen molar-refractivity contribution in [3.63, 3.8) is 0 Å². The van der Waals surface area contributed by atoms with Crippen LogP contribution in [0.2, 0.25) is 0 Å². The van der Waals surface area contributed by atoms with E-state index < -0.39 is 0 Å². The van der Waals surface area contributed by atoms with E-state index in [1.165, 1.54) is 49.0 Å². The van der Waals surface area contributed by atoms with Gasteiger partial charge in [0.15, 0.2) is 0 Å². The van der Waals surface area contributed by atoms with Crippen LogP contribution < -0.4 is 4.90 Å². The summed E-state index contributed by atoms with van der Waals surface area (Å²) in [5.41, 5.74) is 3.50. The van der Waals surface area contributed by atoms with Gasteiger partial charge in [0.05, 0.1) is 5.56 Å². The molecular weight excluding hydrogens is 266 g/mol. The molecule has 3 rings (SSSR count). The summed E-state index contributed by atoms with van der Waals surface area (Å²) in [5, 5.41) is 10.4. The molecule has 1 aliphatic heterocycles. The maximum absolute atomic E-state index is 9.49. The molecule has 1 saturated heterocycles. The van der Waals surface area contributed by atoms with Crippen LogP contribution in [-0.2, 0) is 12.8 Å². The number of hydrogen-bond donors (Lipinski definition) is 0. The minimum Gasteiger partial charge on any atom is -0.356 e. The third-order valence-electron chi connectivity index (χ3n) is 4.42. The van der Waals surface area contributed by atoms with E-state index in [4.69, 9.17) is 4.98 Å². The summed E-state index contributed by atoms with van der Waals surface area (Å²) in [6.45, 7) is 2.25. The third-order valence-corrected chi connectivity index (χ3v) is 5.10. The van der Waals surface area contributed by atoms with Crippen molar-refractivity contribution in [2.75, 3.05) is 24.2 Å². The van der Waals surface area contributed by atoms with Gasteiger partial charge in [0.1, 0.15) is 16.9 Å². The first-order chi connectivity index (χ1) is 9.85. The second-order valence-corrected chi connectivity index (χ2v) is 6.44. The van der Waals surface area contributed by atoms with Crippen molar-refractivity contribution in [3.05, 3.63) is 16.7 Å². The maximum Gasteiger partial charge on any atom is 0.133 e. The van der Waals surface area contributed by atoms with E-state index in [1.54, 1.807) is 11.8 Å². The number of nitriles is 1. The fourth-order valence-electron chi connectivity index (χ4n) is 3.41. The number of thioether (sulfide) groups is 1. The maximum atomic E-state index is 9.49. The highest BCUT2D eigenvalue weighted by Gasteiger charge is 2.25. The Kier molecular flexibility index (Phi) is 4.16. The Balaban J connectivity index is 2.11. The number of hydrogen-bond acceptors (Lipinski definition) is 4. The molecule has 20 heavy (non-hydrogen) atoms. The van der Waals surface area contributed by atoms with Gasteiger partial charge >= 0.3 is 0 Å². The van der Waals surface area contributed by atoms with Crippen LogP contribution in [0.1, 0.15) is 48.8 Å². The lowest BCUT2D eigenvalue weighted by Gasteiger charge is -2.32. The van der Waals surface area contributed by atoms with E-state index in [2.05, 4.69) is 11.0 Å². The Morgan fingerprint density at radius 3 is 2.40 bits per heavy atom. The molecule has 1 aromatic heterocycles. The van der Waals surface area contributed by atoms with Gasteiger partial charge in [0.2, 0.25) is 0 Å². The van der Waals surface area contributed by atoms with Gasteiger partial charge in [-0.25, -0.2) is 4.98 Å². The number of rotatable bonds is 2. The third kappa shape index (κ3) is 2.40. The van der Waals surface area contributed by atoms with Crippen molar-refractivity contribution >= 4 is 17.6 Å². The molecule has 0 saturated carbocycles. The molecule has 0 radical (unpaired) electrons. The van der Waals surface area contributed by atoms with Gasteiger partial charge in [0, 0.05) is 13.1 Å². The van der Waals surface area contributed by atoms with Crippen LogP contribution in [0.25, 0.3) is 0 Å². The largest absolute Gasteiger partial charge is 0.356 e. The lowest BCUT2D eigenvalue weighted by atomic mass is 9.89. The van der Waals surface area contributed by atoms with Gasteiger partial charge < -0.3 is 4.90 Å². The van der Waals surface area contributed by atoms with Crippen molar-refractivity contribution < 1.29 is 0 Å². The van der Waals surface area contributed by atoms with E-state index in [1.807, 2.05) is 6.26 Å².